The van der Waals surface area contributed by atoms with Crippen LogP contribution in [0.2, 0.25) is 0 Å². The van der Waals surface area contributed by atoms with Gasteiger partial charge in [-0.3, -0.25) is 9.59 Å². The zero-order valence-electron chi connectivity index (χ0n) is 7.83. The lowest BCUT2D eigenvalue weighted by Crippen LogP contribution is -2.00. The van der Waals surface area contributed by atoms with Crippen LogP contribution in [0.4, 0.5) is 0 Å². The van der Waals surface area contributed by atoms with E-state index in [1.165, 1.54) is 6.92 Å². The van der Waals surface area contributed by atoms with Crippen molar-refractivity contribution in [1.29, 1.82) is 0 Å². The second kappa shape index (κ2) is 3.99. The molecule has 1 rings (SSSR count). The molecule has 0 N–H and O–H groups in total. The minimum atomic E-state index is 0.0759. The van der Waals surface area contributed by atoms with Gasteiger partial charge in [-0.2, -0.15) is 0 Å². The van der Waals surface area contributed by atoms with E-state index < -0.39 is 0 Å². The zero-order valence-corrected chi connectivity index (χ0v) is 7.83. The molecule has 2 nitrogen and oxygen atoms in total. The average Bonchev–Trinajstić information content (AvgIpc) is 2.07. The molecule has 0 aliphatic rings. The summed E-state index contributed by atoms with van der Waals surface area (Å²) in [4.78, 5) is 21.5. The molecule has 0 unspecified atom stereocenters. The minimum absolute atomic E-state index is 0.0759. The minimum Gasteiger partial charge on any atom is -0.300 e. The van der Waals surface area contributed by atoms with E-state index in [0.29, 0.717) is 12.0 Å². The third-order valence-electron chi connectivity index (χ3n) is 1.87. The number of ketones is 1. The lowest BCUT2D eigenvalue weighted by Gasteiger charge is -2.02. The molecule has 0 aromatic heterocycles. The fourth-order valence-corrected chi connectivity index (χ4v) is 1.25. The largest absolute Gasteiger partial charge is 0.300 e. The standard InChI is InChI=1S/C11H12O2/c1-8-3-4-10(6-9(2)13)11(5-8)7-12/h3-5,7H,6H2,1-2H3. The molecule has 0 spiro atoms. The Bertz CT molecular complexity index is 340. The summed E-state index contributed by atoms with van der Waals surface area (Å²) in [6.45, 7) is 3.44. The lowest BCUT2D eigenvalue weighted by molar-refractivity contribution is -0.116. The van der Waals surface area contributed by atoms with Gasteiger partial charge in [0.05, 0.1) is 0 Å². The lowest BCUT2D eigenvalue weighted by atomic mass is 10.0. The van der Waals surface area contributed by atoms with Gasteiger partial charge in [0, 0.05) is 12.0 Å². The summed E-state index contributed by atoms with van der Waals surface area (Å²) in [6.07, 6.45) is 1.14. The highest BCUT2D eigenvalue weighted by molar-refractivity contribution is 5.84. The third-order valence-corrected chi connectivity index (χ3v) is 1.87. The Morgan fingerprint density at radius 1 is 1.46 bits per heavy atom. The molecule has 68 valence electrons. The van der Waals surface area contributed by atoms with Crippen molar-refractivity contribution in [3.63, 3.8) is 0 Å². The summed E-state index contributed by atoms with van der Waals surface area (Å²) in [5.41, 5.74) is 2.47. The van der Waals surface area contributed by atoms with Gasteiger partial charge < -0.3 is 0 Å². The Kier molecular flexibility index (Phi) is 2.96. The molecule has 0 saturated heterocycles. The van der Waals surface area contributed by atoms with Gasteiger partial charge >= 0.3 is 0 Å². The highest BCUT2D eigenvalue weighted by Crippen LogP contribution is 2.10. The van der Waals surface area contributed by atoms with Crippen LogP contribution in [0, 0.1) is 6.92 Å². The SMILES string of the molecule is CC(=O)Cc1ccc(C)cc1C=O. The second-order valence-corrected chi connectivity index (χ2v) is 3.20. The summed E-state index contributed by atoms with van der Waals surface area (Å²) in [7, 11) is 0. The van der Waals surface area contributed by atoms with Crippen LogP contribution >= 0.6 is 0 Å². The van der Waals surface area contributed by atoms with Crippen LogP contribution in [0.3, 0.4) is 0 Å². The Balaban J connectivity index is 3.05. The molecule has 0 heterocycles. The van der Waals surface area contributed by atoms with Crippen LogP contribution in [0.5, 0.6) is 0 Å². The highest BCUT2D eigenvalue weighted by Gasteiger charge is 2.03. The van der Waals surface area contributed by atoms with E-state index in [4.69, 9.17) is 0 Å². The van der Waals surface area contributed by atoms with E-state index in [0.717, 1.165) is 17.4 Å². The summed E-state index contributed by atoms with van der Waals surface area (Å²) in [5, 5.41) is 0. The molecule has 0 saturated carbocycles. The van der Waals surface area contributed by atoms with Crippen LogP contribution in [-0.2, 0) is 11.2 Å². The Hall–Kier alpha value is -1.44. The number of aldehydes is 1. The molecule has 0 aliphatic heterocycles. The van der Waals surface area contributed by atoms with Gasteiger partial charge in [-0.1, -0.05) is 17.7 Å². The first-order valence-electron chi connectivity index (χ1n) is 4.17. The summed E-state index contributed by atoms with van der Waals surface area (Å²) < 4.78 is 0. The summed E-state index contributed by atoms with van der Waals surface area (Å²) in [6, 6.07) is 5.54. The molecule has 0 atom stereocenters. The van der Waals surface area contributed by atoms with E-state index >= 15 is 0 Å². The van der Waals surface area contributed by atoms with Crippen LogP contribution in [-0.4, -0.2) is 12.1 Å². The van der Waals surface area contributed by atoms with Crippen molar-refractivity contribution in [2.75, 3.05) is 0 Å². The number of aryl methyl sites for hydroxylation is 1. The van der Waals surface area contributed by atoms with Crippen LogP contribution in [0.25, 0.3) is 0 Å². The summed E-state index contributed by atoms with van der Waals surface area (Å²) >= 11 is 0. The van der Waals surface area contributed by atoms with E-state index in [1.807, 2.05) is 19.1 Å². The van der Waals surface area contributed by atoms with Crippen LogP contribution in [0.1, 0.15) is 28.4 Å². The van der Waals surface area contributed by atoms with E-state index in [9.17, 15) is 9.59 Å². The van der Waals surface area contributed by atoms with Crippen molar-refractivity contribution in [2.45, 2.75) is 20.3 Å². The average molecular weight is 176 g/mol. The molecular weight excluding hydrogens is 164 g/mol. The maximum absolute atomic E-state index is 10.9. The van der Waals surface area contributed by atoms with Gasteiger partial charge in [-0.15, -0.1) is 0 Å². The van der Waals surface area contributed by atoms with E-state index in [1.54, 1.807) is 6.07 Å². The molecule has 13 heavy (non-hydrogen) atoms. The number of carbonyl (C=O) groups excluding carboxylic acids is 2. The second-order valence-electron chi connectivity index (χ2n) is 3.20. The molecule has 1 aromatic rings. The molecular formula is C11H12O2. The first kappa shape index (κ1) is 9.65. The molecule has 0 aliphatic carbocycles. The molecule has 1 aromatic carbocycles. The number of hydrogen-bond donors (Lipinski definition) is 0. The first-order chi connectivity index (χ1) is 6.13. The van der Waals surface area contributed by atoms with Crippen molar-refractivity contribution in [3.8, 4) is 0 Å². The smallest absolute Gasteiger partial charge is 0.150 e. The van der Waals surface area contributed by atoms with Crippen LogP contribution in [0.15, 0.2) is 18.2 Å². The maximum atomic E-state index is 10.9. The topological polar surface area (TPSA) is 34.1 Å². The maximum Gasteiger partial charge on any atom is 0.150 e. The number of Topliss-reactive ketones (excluding diaryl/α,β-unsaturated/α-hetero) is 1. The predicted molar refractivity (Wildman–Crippen MR) is 51.0 cm³/mol. The van der Waals surface area contributed by atoms with Crippen molar-refractivity contribution >= 4 is 12.1 Å². The molecule has 0 radical (unpaired) electrons. The predicted octanol–water partition coefficient (Wildman–Crippen LogP) is 1.94. The van der Waals surface area contributed by atoms with Crippen molar-refractivity contribution in [1.82, 2.24) is 0 Å². The Labute approximate surface area is 77.6 Å². The van der Waals surface area contributed by atoms with Gasteiger partial charge in [-0.25, -0.2) is 0 Å². The van der Waals surface area contributed by atoms with Crippen molar-refractivity contribution in [3.05, 3.63) is 34.9 Å². The Morgan fingerprint density at radius 3 is 2.69 bits per heavy atom. The third kappa shape index (κ3) is 2.51. The number of carbonyl (C=O) groups is 2. The monoisotopic (exact) mass is 176 g/mol. The van der Waals surface area contributed by atoms with E-state index in [-0.39, 0.29) is 5.78 Å². The number of rotatable bonds is 3. The molecule has 0 amide bonds. The van der Waals surface area contributed by atoms with Gasteiger partial charge in [0.25, 0.3) is 0 Å². The summed E-state index contributed by atoms with van der Waals surface area (Å²) in [5.74, 6) is 0.0759. The van der Waals surface area contributed by atoms with Crippen LogP contribution < -0.4 is 0 Å². The highest BCUT2D eigenvalue weighted by atomic mass is 16.1. The normalized spacial score (nSPS) is 9.69. The molecule has 2 heteroatoms. The molecule has 0 fully saturated rings. The number of benzene rings is 1. The number of hydrogen-bond acceptors (Lipinski definition) is 2. The van der Waals surface area contributed by atoms with Gasteiger partial charge in [-0.05, 0) is 25.5 Å². The van der Waals surface area contributed by atoms with E-state index in [2.05, 4.69) is 0 Å². The van der Waals surface area contributed by atoms with Gasteiger partial charge in [0.1, 0.15) is 12.1 Å². The van der Waals surface area contributed by atoms with Gasteiger partial charge in [0.15, 0.2) is 0 Å². The fraction of sp³-hybridized carbons (Fsp3) is 0.273. The Morgan fingerprint density at radius 2 is 2.15 bits per heavy atom. The quantitative estimate of drug-likeness (QED) is 0.659. The zero-order chi connectivity index (χ0) is 9.84. The molecule has 0 bridgehead atoms. The van der Waals surface area contributed by atoms with Gasteiger partial charge in [0.2, 0.25) is 0 Å². The van der Waals surface area contributed by atoms with Crippen molar-refractivity contribution < 1.29 is 9.59 Å². The van der Waals surface area contributed by atoms with Crippen molar-refractivity contribution in [2.24, 2.45) is 0 Å². The first-order valence-corrected chi connectivity index (χ1v) is 4.17. The fourth-order valence-electron chi connectivity index (χ4n) is 1.25.